The predicted octanol–water partition coefficient (Wildman–Crippen LogP) is 6.37. The average Bonchev–Trinajstić information content (AvgIpc) is 3.43. The number of aryl methyl sites for hydroxylation is 3. The van der Waals surface area contributed by atoms with E-state index >= 15 is 0 Å². The molecule has 0 spiro atoms. The van der Waals surface area contributed by atoms with Crippen LogP contribution in [0.1, 0.15) is 57.0 Å². The van der Waals surface area contributed by atoms with Crippen LogP contribution >= 0.6 is 15.9 Å². The van der Waals surface area contributed by atoms with Crippen LogP contribution in [0.3, 0.4) is 0 Å². The number of para-hydroxylation sites is 1. The fourth-order valence-electron chi connectivity index (χ4n) is 4.61. The molecule has 2 aromatic carbocycles. The predicted molar refractivity (Wildman–Crippen MR) is 143 cm³/mol. The molecule has 0 saturated heterocycles. The number of furan rings is 2. The van der Waals surface area contributed by atoms with E-state index in [2.05, 4.69) is 31.8 Å². The van der Waals surface area contributed by atoms with Crippen LogP contribution in [-0.4, -0.2) is 17.5 Å². The van der Waals surface area contributed by atoms with Gasteiger partial charge in [0.25, 0.3) is 5.91 Å². The molecular formula is C28H26BrN3O4. The standard InChI is InChI=1S/C28H26BrN3O4/c1-15-11-12-19-18(14-35-26(19)16(15)2)13-24(33)32-31-22-9-6-10-23-25(22)17(3)27(36-23)28(34)30-21-8-5-4-7-20(21)29/h4-5,7-8,11-12,14H,6,9-10,13H2,1-3H3,(H,30,34)(H,32,33)/b31-22+. The number of hydrogen-bond acceptors (Lipinski definition) is 5. The molecule has 0 bridgehead atoms. The van der Waals surface area contributed by atoms with Crippen LogP contribution in [0.25, 0.3) is 11.0 Å². The third-order valence-corrected chi connectivity index (χ3v) is 7.35. The smallest absolute Gasteiger partial charge is 0.291 e. The number of rotatable bonds is 5. The zero-order chi connectivity index (χ0) is 25.4. The van der Waals surface area contributed by atoms with Gasteiger partial charge in [0.15, 0.2) is 5.76 Å². The van der Waals surface area contributed by atoms with Crippen LogP contribution in [0.15, 0.2) is 61.1 Å². The van der Waals surface area contributed by atoms with Gasteiger partial charge in [-0.15, -0.1) is 0 Å². The van der Waals surface area contributed by atoms with Crippen molar-refractivity contribution >= 4 is 50.1 Å². The zero-order valence-electron chi connectivity index (χ0n) is 20.3. The number of hydrazone groups is 1. The van der Waals surface area contributed by atoms with E-state index in [1.54, 1.807) is 6.26 Å². The summed E-state index contributed by atoms with van der Waals surface area (Å²) in [5.41, 5.74) is 9.44. The van der Waals surface area contributed by atoms with Gasteiger partial charge in [-0.25, -0.2) is 5.43 Å². The Morgan fingerprint density at radius 3 is 2.67 bits per heavy atom. The van der Waals surface area contributed by atoms with Crippen LogP contribution in [0.5, 0.6) is 0 Å². The van der Waals surface area contributed by atoms with Gasteiger partial charge in [-0.05, 0) is 72.8 Å². The van der Waals surface area contributed by atoms with Crippen molar-refractivity contribution in [2.75, 3.05) is 5.32 Å². The zero-order valence-corrected chi connectivity index (χ0v) is 21.9. The molecule has 0 fully saturated rings. The van der Waals surface area contributed by atoms with Gasteiger partial charge in [-0.3, -0.25) is 9.59 Å². The van der Waals surface area contributed by atoms with Crippen molar-refractivity contribution < 1.29 is 18.4 Å². The molecule has 1 aliphatic carbocycles. The highest BCUT2D eigenvalue weighted by Gasteiger charge is 2.28. The van der Waals surface area contributed by atoms with E-state index in [9.17, 15) is 9.59 Å². The van der Waals surface area contributed by atoms with Crippen LogP contribution in [0, 0.1) is 20.8 Å². The molecule has 2 N–H and O–H groups in total. The summed E-state index contributed by atoms with van der Waals surface area (Å²) >= 11 is 3.45. The fourth-order valence-corrected chi connectivity index (χ4v) is 4.99. The van der Waals surface area contributed by atoms with E-state index in [4.69, 9.17) is 8.83 Å². The Kier molecular flexibility index (Phi) is 6.53. The Morgan fingerprint density at radius 1 is 1.06 bits per heavy atom. The van der Waals surface area contributed by atoms with Crippen LogP contribution in [0.2, 0.25) is 0 Å². The van der Waals surface area contributed by atoms with Gasteiger partial charge in [0.05, 0.1) is 24.1 Å². The summed E-state index contributed by atoms with van der Waals surface area (Å²) in [6.45, 7) is 5.89. The van der Waals surface area contributed by atoms with Gasteiger partial charge in [-0.1, -0.05) is 24.3 Å². The summed E-state index contributed by atoms with van der Waals surface area (Å²) in [6.07, 6.45) is 4.02. The molecule has 2 heterocycles. The van der Waals surface area contributed by atoms with Crippen molar-refractivity contribution in [3.63, 3.8) is 0 Å². The van der Waals surface area contributed by atoms with Crippen LogP contribution in [-0.2, 0) is 17.6 Å². The first-order chi connectivity index (χ1) is 17.3. The molecule has 2 aromatic heterocycles. The maximum Gasteiger partial charge on any atom is 0.291 e. The van der Waals surface area contributed by atoms with E-state index in [0.717, 1.165) is 49.9 Å². The minimum atomic E-state index is -0.324. The van der Waals surface area contributed by atoms with Gasteiger partial charge in [0, 0.05) is 33.0 Å². The molecule has 0 atom stereocenters. The molecule has 8 heteroatoms. The Bertz CT molecular complexity index is 1530. The van der Waals surface area contributed by atoms with E-state index in [-0.39, 0.29) is 24.0 Å². The normalized spacial score (nSPS) is 14.2. The van der Waals surface area contributed by atoms with Gasteiger partial charge in [-0.2, -0.15) is 5.10 Å². The number of carbonyl (C=O) groups excluding carboxylic acids is 2. The molecule has 0 radical (unpaired) electrons. The quantitative estimate of drug-likeness (QED) is 0.284. The first-order valence-electron chi connectivity index (χ1n) is 11.8. The number of carbonyl (C=O) groups is 2. The number of benzene rings is 2. The number of hydrogen-bond donors (Lipinski definition) is 2. The molecule has 4 aromatic rings. The van der Waals surface area contributed by atoms with Gasteiger partial charge in [0.1, 0.15) is 11.3 Å². The summed E-state index contributed by atoms with van der Waals surface area (Å²) in [5.74, 6) is 0.418. The van der Waals surface area contributed by atoms with Gasteiger partial charge in [0.2, 0.25) is 5.91 Å². The molecule has 2 amide bonds. The van der Waals surface area contributed by atoms with E-state index in [1.165, 1.54) is 0 Å². The Labute approximate surface area is 217 Å². The third kappa shape index (κ3) is 4.48. The molecule has 184 valence electrons. The Morgan fingerprint density at radius 2 is 1.86 bits per heavy atom. The SMILES string of the molecule is Cc1ccc2c(CC(=O)N/N=C3\CCCc4oc(C(=O)Nc5ccccc5Br)c(C)c43)coc2c1C. The van der Waals surface area contributed by atoms with Gasteiger partial charge < -0.3 is 14.2 Å². The molecule has 36 heavy (non-hydrogen) atoms. The summed E-state index contributed by atoms with van der Waals surface area (Å²) in [5, 5.41) is 8.26. The number of nitrogens with zero attached hydrogens (tertiary/aromatic N) is 1. The largest absolute Gasteiger partial charge is 0.464 e. The second-order valence-corrected chi connectivity index (χ2v) is 9.91. The van der Waals surface area contributed by atoms with Crippen molar-refractivity contribution in [1.29, 1.82) is 0 Å². The Hall–Kier alpha value is -3.65. The minimum absolute atomic E-state index is 0.156. The topological polar surface area (TPSA) is 96.8 Å². The lowest BCUT2D eigenvalue weighted by Crippen LogP contribution is -2.23. The number of anilines is 1. The lowest BCUT2D eigenvalue weighted by atomic mass is 9.93. The van der Waals surface area contributed by atoms with Crippen molar-refractivity contribution in [2.24, 2.45) is 5.10 Å². The lowest BCUT2D eigenvalue weighted by molar-refractivity contribution is -0.120. The second kappa shape index (κ2) is 9.78. The molecule has 0 saturated carbocycles. The summed E-state index contributed by atoms with van der Waals surface area (Å²) in [4.78, 5) is 25.7. The highest BCUT2D eigenvalue weighted by molar-refractivity contribution is 9.10. The Balaban J connectivity index is 1.34. The number of amides is 2. The van der Waals surface area contributed by atoms with Crippen LogP contribution < -0.4 is 10.7 Å². The summed E-state index contributed by atoms with van der Waals surface area (Å²) in [7, 11) is 0. The van der Waals surface area contributed by atoms with Crippen molar-refractivity contribution in [3.8, 4) is 0 Å². The number of fused-ring (bicyclic) bond motifs is 2. The van der Waals surface area contributed by atoms with Crippen LogP contribution in [0.4, 0.5) is 5.69 Å². The van der Waals surface area contributed by atoms with Crippen molar-refractivity contribution in [3.05, 3.63) is 86.5 Å². The first-order valence-corrected chi connectivity index (χ1v) is 12.6. The summed E-state index contributed by atoms with van der Waals surface area (Å²) in [6, 6.07) is 11.4. The van der Waals surface area contributed by atoms with Crippen molar-refractivity contribution in [1.82, 2.24) is 5.43 Å². The lowest BCUT2D eigenvalue weighted by Gasteiger charge is -2.13. The highest BCUT2D eigenvalue weighted by Crippen LogP contribution is 2.31. The van der Waals surface area contributed by atoms with E-state index in [1.807, 2.05) is 57.2 Å². The molecule has 5 rings (SSSR count). The monoisotopic (exact) mass is 547 g/mol. The summed E-state index contributed by atoms with van der Waals surface area (Å²) < 4.78 is 12.5. The fraction of sp³-hybridized carbons (Fsp3) is 0.250. The minimum Gasteiger partial charge on any atom is -0.464 e. The van der Waals surface area contributed by atoms with Crippen molar-refractivity contribution in [2.45, 2.75) is 46.5 Å². The second-order valence-electron chi connectivity index (χ2n) is 9.06. The molecule has 1 aliphatic rings. The number of halogens is 1. The van der Waals surface area contributed by atoms with E-state index < -0.39 is 0 Å². The maximum atomic E-state index is 13.0. The highest BCUT2D eigenvalue weighted by atomic mass is 79.9. The molecule has 7 nitrogen and oxygen atoms in total. The molecule has 0 aliphatic heterocycles. The third-order valence-electron chi connectivity index (χ3n) is 6.66. The number of nitrogens with one attached hydrogen (secondary N) is 2. The van der Waals surface area contributed by atoms with Gasteiger partial charge >= 0.3 is 0 Å². The average molecular weight is 548 g/mol. The molecule has 0 unspecified atom stereocenters. The first kappa shape index (κ1) is 24.1. The molecular weight excluding hydrogens is 522 g/mol. The maximum absolute atomic E-state index is 13.0. The van der Waals surface area contributed by atoms with E-state index in [0.29, 0.717) is 29.8 Å².